The fourth-order valence-corrected chi connectivity index (χ4v) is 2.54. The lowest BCUT2D eigenvalue weighted by Crippen LogP contribution is -2.39. The first-order valence-corrected chi connectivity index (χ1v) is 7.69. The summed E-state index contributed by atoms with van der Waals surface area (Å²) in [6.07, 6.45) is 0.0370. The molecule has 3 unspecified atom stereocenters. The van der Waals surface area contributed by atoms with E-state index in [4.69, 9.17) is 0 Å². The van der Waals surface area contributed by atoms with E-state index < -0.39 is 11.0 Å². The quantitative estimate of drug-likeness (QED) is 0.607. The number of hydrogen-bond donors (Lipinski definition) is 2. The summed E-state index contributed by atoms with van der Waals surface area (Å²) in [7, 11) is 0. The maximum atomic E-state index is 10.9. The number of nitro groups is 1. The van der Waals surface area contributed by atoms with Crippen LogP contribution in [-0.2, 0) is 6.42 Å². The van der Waals surface area contributed by atoms with Gasteiger partial charge in [-0.05, 0) is 31.4 Å². The van der Waals surface area contributed by atoms with Crippen molar-refractivity contribution in [2.45, 2.75) is 38.5 Å². The van der Waals surface area contributed by atoms with Gasteiger partial charge in [-0.3, -0.25) is 10.1 Å². The average molecular weight is 314 g/mol. The lowest BCUT2D eigenvalue weighted by molar-refractivity contribution is -0.384. The van der Waals surface area contributed by atoms with Crippen LogP contribution in [0.5, 0.6) is 0 Å². The summed E-state index contributed by atoms with van der Waals surface area (Å²) in [4.78, 5) is 10.5. The summed E-state index contributed by atoms with van der Waals surface area (Å²) in [5.74, 6) is 0. The molecule has 2 aromatic carbocycles. The summed E-state index contributed by atoms with van der Waals surface area (Å²) in [5.41, 5.74) is 1.99. The van der Waals surface area contributed by atoms with Crippen molar-refractivity contribution in [2.75, 3.05) is 0 Å². The molecule has 0 aliphatic rings. The normalized spacial score (nSPS) is 14.9. The molecule has 0 heterocycles. The molecule has 0 saturated heterocycles. The molecular formula is C18H22N2O3. The molecule has 2 N–H and O–H groups in total. The zero-order valence-corrected chi connectivity index (χ0v) is 13.3. The van der Waals surface area contributed by atoms with Crippen LogP contribution >= 0.6 is 0 Å². The second-order valence-electron chi connectivity index (χ2n) is 5.79. The van der Waals surface area contributed by atoms with E-state index in [9.17, 15) is 15.2 Å². The van der Waals surface area contributed by atoms with E-state index in [1.54, 1.807) is 12.1 Å². The van der Waals surface area contributed by atoms with Gasteiger partial charge in [-0.2, -0.15) is 0 Å². The van der Waals surface area contributed by atoms with Gasteiger partial charge in [0, 0.05) is 24.2 Å². The smallest absolute Gasteiger partial charge is 0.269 e. The Bertz CT molecular complexity index is 646. The highest BCUT2D eigenvalue weighted by Gasteiger charge is 2.18. The Hall–Kier alpha value is -2.24. The van der Waals surface area contributed by atoms with Crippen molar-refractivity contribution in [3.8, 4) is 0 Å². The Morgan fingerprint density at radius 3 is 2.48 bits per heavy atom. The van der Waals surface area contributed by atoms with Crippen LogP contribution in [0.15, 0.2) is 54.6 Å². The lowest BCUT2D eigenvalue weighted by atomic mass is 10.0. The highest BCUT2D eigenvalue weighted by Crippen LogP contribution is 2.20. The van der Waals surface area contributed by atoms with Crippen LogP contribution in [0.3, 0.4) is 0 Å². The molecule has 0 radical (unpaired) electrons. The SMILES string of the molecule is CC(NC(C)C(O)Cc1ccccc1)c1cccc([N+](=O)[O-])c1. The molecule has 2 aromatic rings. The summed E-state index contributed by atoms with van der Waals surface area (Å²) in [6, 6.07) is 16.2. The third kappa shape index (κ3) is 4.87. The monoisotopic (exact) mass is 314 g/mol. The first kappa shape index (κ1) is 17.1. The maximum absolute atomic E-state index is 10.9. The molecule has 0 saturated carbocycles. The molecule has 5 heteroatoms. The zero-order valence-electron chi connectivity index (χ0n) is 13.3. The van der Waals surface area contributed by atoms with Crippen molar-refractivity contribution in [1.82, 2.24) is 5.32 Å². The van der Waals surface area contributed by atoms with E-state index >= 15 is 0 Å². The summed E-state index contributed by atoms with van der Waals surface area (Å²) in [5, 5.41) is 24.5. The van der Waals surface area contributed by atoms with Crippen molar-refractivity contribution < 1.29 is 10.0 Å². The van der Waals surface area contributed by atoms with Crippen molar-refractivity contribution in [3.63, 3.8) is 0 Å². The van der Waals surface area contributed by atoms with Gasteiger partial charge in [-0.25, -0.2) is 0 Å². The summed E-state index contributed by atoms with van der Waals surface area (Å²) in [6.45, 7) is 3.85. The average Bonchev–Trinajstić information content (AvgIpc) is 2.55. The molecule has 0 aliphatic heterocycles. The fourth-order valence-electron chi connectivity index (χ4n) is 2.54. The molecule has 23 heavy (non-hydrogen) atoms. The minimum absolute atomic E-state index is 0.0774. The van der Waals surface area contributed by atoms with Crippen LogP contribution in [0, 0.1) is 10.1 Å². The highest BCUT2D eigenvalue weighted by molar-refractivity contribution is 5.35. The van der Waals surface area contributed by atoms with Gasteiger partial charge in [-0.15, -0.1) is 0 Å². The Morgan fingerprint density at radius 2 is 1.83 bits per heavy atom. The number of rotatable bonds is 7. The van der Waals surface area contributed by atoms with Gasteiger partial charge in [0.2, 0.25) is 0 Å². The van der Waals surface area contributed by atoms with Crippen molar-refractivity contribution in [3.05, 3.63) is 75.8 Å². The van der Waals surface area contributed by atoms with Gasteiger partial charge in [0.05, 0.1) is 11.0 Å². The van der Waals surface area contributed by atoms with Crippen molar-refractivity contribution in [1.29, 1.82) is 0 Å². The third-order valence-electron chi connectivity index (χ3n) is 3.96. The Balaban J connectivity index is 1.97. The minimum atomic E-state index is -0.529. The number of hydrogen-bond acceptors (Lipinski definition) is 4. The standard InChI is InChI=1S/C18H22N2O3/c1-13(16-9-6-10-17(12-16)20(22)23)19-14(2)18(21)11-15-7-4-3-5-8-15/h3-10,12-14,18-19,21H,11H2,1-2H3. The van der Waals surface area contributed by atoms with E-state index in [0.29, 0.717) is 6.42 Å². The van der Waals surface area contributed by atoms with E-state index in [2.05, 4.69) is 5.32 Å². The molecule has 0 bridgehead atoms. The molecule has 2 rings (SSSR count). The van der Waals surface area contributed by atoms with Crippen molar-refractivity contribution >= 4 is 5.69 Å². The van der Waals surface area contributed by atoms with Crippen LogP contribution in [0.4, 0.5) is 5.69 Å². The van der Waals surface area contributed by atoms with E-state index in [1.165, 1.54) is 6.07 Å². The predicted molar refractivity (Wildman–Crippen MR) is 90.3 cm³/mol. The largest absolute Gasteiger partial charge is 0.391 e. The van der Waals surface area contributed by atoms with Crippen LogP contribution in [-0.4, -0.2) is 22.2 Å². The molecule has 0 spiro atoms. The molecule has 3 atom stereocenters. The molecule has 122 valence electrons. The molecule has 5 nitrogen and oxygen atoms in total. The number of benzene rings is 2. The second kappa shape index (κ2) is 7.85. The summed E-state index contributed by atoms with van der Waals surface area (Å²) < 4.78 is 0. The minimum Gasteiger partial charge on any atom is -0.391 e. The first-order valence-electron chi connectivity index (χ1n) is 7.69. The van der Waals surface area contributed by atoms with Gasteiger partial charge in [-0.1, -0.05) is 42.5 Å². The topological polar surface area (TPSA) is 75.4 Å². The van der Waals surface area contributed by atoms with E-state index in [-0.39, 0.29) is 17.8 Å². The highest BCUT2D eigenvalue weighted by atomic mass is 16.6. The van der Waals surface area contributed by atoms with Gasteiger partial charge in [0.25, 0.3) is 5.69 Å². The Kier molecular flexibility index (Phi) is 5.84. The molecule has 0 aromatic heterocycles. The van der Waals surface area contributed by atoms with E-state index in [1.807, 2.05) is 50.2 Å². The fraction of sp³-hybridized carbons (Fsp3) is 0.333. The van der Waals surface area contributed by atoms with Crippen LogP contribution in [0.1, 0.15) is 31.0 Å². The maximum Gasteiger partial charge on any atom is 0.269 e. The van der Waals surface area contributed by atoms with E-state index in [0.717, 1.165) is 11.1 Å². The van der Waals surface area contributed by atoms with Gasteiger partial charge in [0.15, 0.2) is 0 Å². The van der Waals surface area contributed by atoms with Gasteiger partial charge >= 0.3 is 0 Å². The van der Waals surface area contributed by atoms with Gasteiger partial charge < -0.3 is 10.4 Å². The number of aliphatic hydroxyl groups excluding tert-OH is 1. The van der Waals surface area contributed by atoms with Crippen LogP contribution < -0.4 is 5.32 Å². The van der Waals surface area contributed by atoms with Crippen LogP contribution in [0.2, 0.25) is 0 Å². The second-order valence-corrected chi connectivity index (χ2v) is 5.79. The predicted octanol–water partition coefficient (Wildman–Crippen LogP) is 3.24. The van der Waals surface area contributed by atoms with Crippen molar-refractivity contribution in [2.24, 2.45) is 0 Å². The number of nitrogens with zero attached hydrogens (tertiary/aromatic N) is 1. The van der Waals surface area contributed by atoms with Crippen LogP contribution in [0.25, 0.3) is 0 Å². The Morgan fingerprint density at radius 1 is 1.13 bits per heavy atom. The Labute approximate surface area is 136 Å². The first-order chi connectivity index (χ1) is 11.0. The number of nitro benzene ring substituents is 1. The number of nitrogens with one attached hydrogen (secondary N) is 1. The molecule has 0 fully saturated rings. The molecule has 0 amide bonds. The third-order valence-corrected chi connectivity index (χ3v) is 3.96. The molecule has 0 aliphatic carbocycles. The number of non-ortho nitro benzene ring substituents is 1. The number of aliphatic hydroxyl groups is 1. The van der Waals surface area contributed by atoms with Gasteiger partial charge in [0.1, 0.15) is 0 Å². The molecular weight excluding hydrogens is 292 g/mol. The lowest BCUT2D eigenvalue weighted by Gasteiger charge is -2.24. The zero-order chi connectivity index (χ0) is 16.8. The summed E-state index contributed by atoms with van der Waals surface area (Å²) >= 11 is 0.